The summed E-state index contributed by atoms with van der Waals surface area (Å²) in [7, 11) is -3.67. The first kappa shape index (κ1) is 22.4. The molecule has 162 valence electrons. The summed E-state index contributed by atoms with van der Waals surface area (Å²) in [5, 5.41) is 2.88. The normalized spacial score (nSPS) is 20.3. The number of sulfonamides is 1. The molecule has 0 spiro atoms. The highest BCUT2D eigenvalue weighted by Crippen LogP contribution is 2.33. The third kappa shape index (κ3) is 4.90. The summed E-state index contributed by atoms with van der Waals surface area (Å²) in [6.07, 6.45) is 1.23. The van der Waals surface area contributed by atoms with Gasteiger partial charge in [0.25, 0.3) is 0 Å². The number of amides is 1. The van der Waals surface area contributed by atoms with Gasteiger partial charge < -0.3 is 5.32 Å². The first-order valence-electron chi connectivity index (χ1n) is 10.2. The fourth-order valence-electron chi connectivity index (χ4n) is 3.76. The summed E-state index contributed by atoms with van der Waals surface area (Å²) in [6, 6.07) is 12.9. The molecular weight excluding hydrogens is 403 g/mol. The molecule has 0 bridgehead atoms. The Balaban J connectivity index is 1.70. The fourth-order valence-corrected chi connectivity index (χ4v) is 5.36. The minimum absolute atomic E-state index is 0.135. The second kappa shape index (κ2) is 8.86. The van der Waals surface area contributed by atoms with Crippen LogP contribution in [-0.2, 0) is 21.4 Å². The lowest BCUT2D eigenvalue weighted by Crippen LogP contribution is -2.51. The van der Waals surface area contributed by atoms with Crippen molar-refractivity contribution in [1.82, 2.24) is 9.62 Å². The molecule has 1 aliphatic heterocycles. The number of benzene rings is 2. The quantitative estimate of drug-likeness (QED) is 0.749. The van der Waals surface area contributed by atoms with Gasteiger partial charge in [0.1, 0.15) is 5.82 Å². The lowest BCUT2D eigenvalue weighted by Gasteiger charge is -2.38. The van der Waals surface area contributed by atoms with E-state index in [9.17, 15) is 17.6 Å². The minimum Gasteiger partial charge on any atom is -0.352 e. The van der Waals surface area contributed by atoms with Crippen molar-refractivity contribution >= 4 is 15.9 Å². The topological polar surface area (TPSA) is 66.5 Å². The Kier molecular flexibility index (Phi) is 6.62. The van der Waals surface area contributed by atoms with Crippen LogP contribution < -0.4 is 5.32 Å². The van der Waals surface area contributed by atoms with Crippen LogP contribution in [0.25, 0.3) is 0 Å². The molecule has 30 heavy (non-hydrogen) atoms. The number of carbonyl (C=O) groups excluding carboxylic acids is 1. The summed E-state index contributed by atoms with van der Waals surface area (Å²) in [5.41, 5.74) is 1.06. The number of rotatable bonds is 6. The zero-order valence-corrected chi connectivity index (χ0v) is 18.5. The number of halogens is 1. The first-order chi connectivity index (χ1) is 14.1. The van der Waals surface area contributed by atoms with Crippen LogP contribution >= 0.6 is 0 Å². The summed E-state index contributed by atoms with van der Waals surface area (Å²) >= 11 is 0. The largest absolute Gasteiger partial charge is 0.352 e. The van der Waals surface area contributed by atoms with Gasteiger partial charge in [0.15, 0.2) is 0 Å². The van der Waals surface area contributed by atoms with Crippen molar-refractivity contribution in [1.29, 1.82) is 0 Å². The van der Waals surface area contributed by atoms with E-state index in [1.54, 1.807) is 31.2 Å². The van der Waals surface area contributed by atoms with Crippen LogP contribution in [-0.4, -0.2) is 31.7 Å². The summed E-state index contributed by atoms with van der Waals surface area (Å²) < 4.78 is 40.8. The molecule has 1 saturated heterocycles. The number of piperidine rings is 1. The summed E-state index contributed by atoms with van der Waals surface area (Å²) in [6.45, 7) is 6.73. The SMILES string of the molecule is CC(C)c1ccc(S(=O)(=O)N2CCC[C@@](C)(C(=O)NCc3ccc(F)cc3)C2)cc1. The summed E-state index contributed by atoms with van der Waals surface area (Å²) in [5.74, 6) is -0.196. The van der Waals surface area contributed by atoms with Gasteiger partial charge in [-0.15, -0.1) is 0 Å². The highest BCUT2D eigenvalue weighted by atomic mass is 32.2. The highest BCUT2D eigenvalue weighted by molar-refractivity contribution is 7.89. The predicted octanol–water partition coefficient (Wildman–Crippen LogP) is 4.06. The molecule has 2 aromatic carbocycles. The Morgan fingerprint density at radius 3 is 2.37 bits per heavy atom. The van der Waals surface area contributed by atoms with E-state index in [1.165, 1.54) is 16.4 Å². The van der Waals surface area contributed by atoms with E-state index in [0.717, 1.165) is 11.1 Å². The van der Waals surface area contributed by atoms with Crippen LogP contribution in [0.2, 0.25) is 0 Å². The Labute approximate surface area is 178 Å². The Bertz CT molecular complexity index is 988. The molecule has 7 heteroatoms. The first-order valence-corrected chi connectivity index (χ1v) is 11.7. The average molecular weight is 433 g/mol. The van der Waals surface area contributed by atoms with Gasteiger partial charge in [0.05, 0.1) is 10.3 Å². The van der Waals surface area contributed by atoms with E-state index in [2.05, 4.69) is 19.2 Å². The van der Waals surface area contributed by atoms with Crippen molar-refractivity contribution in [2.75, 3.05) is 13.1 Å². The lowest BCUT2D eigenvalue weighted by molar-refractivity contribution is -0.132. The molecule has 0 saturated carbocycles. The molecule has 1 aliphatic rings. The molecule has 3 rings (SSSR count). The summed E-state index contributed by atoms with van der Waals surface area (Å²) in [4.78, 5) is 13.1. The van der Waals surface area contributed by atoms with Gasteiger partial charge in [-0.05, 0) is 61.1 Å². The Morgan fingerprint density at radius 2 is 1.77 bits per heavy atom. The van der Waals surface area contributed by atoms with E-state index in [4.69, 9.17) is 0 Å². The molecule has 0 unspecified atom stereocenters. The lowest BCUT2D eigenvalue weighted by atomic mass is 9.82. The van der Waals surface area contributed by atoms with Gasteiger partial charge >= 0.3 is 0 Å². The molecular formula is C23H29FN2O3S. The molecule has 1 fully saturated rings. The smallest absolute Gasteiger partial charge is 0.243 e. The molecule has 5 nitrogen and oxygen atoms in total. The zero-order chi connectivity index (χ0) is 21.9. The molecule has 1 N–H and O–H groups in total. The number of carbonyl (C=O) groups is 1. The number of nitrogens with one attached hydrogen (secondary N) is 1. The number of hydrogen-bond acceptors (Lipinski definition) is 3. The van der Waals surface area contributed by atoms with Crippen LogP contribution in [0.3, 0.4) is 0 Å². The monoisotopic (exact) mass is 432 g/mol. The van der Waals surface area contributed by atoms with Gasteiger partial charge in [0, 0.05) is 19.6 Å². The minimum atomic E-state index is -3.67. The second-order valence-corrected chi connectivity index (χ2v) is 10.5. The maximum Gasteiger partial charge on any atom is 0.243 e. The van der Waals surface area contributed by atoms with Gasteiger partial charge in [-0.2, -0.15) is 4.31 Å². The molecule has 0 aliphatic carbocycles. The van der Waals surface area contributed by atoms with Crippen LogP contribution in [0.15, 0.2) is 53.4 Å². The Morgan fingerprint density at radius 1 is 1.13 bits per heavy atom. The van der Waals surface area contributed by atoms with Crippen molar-refractivity contribution in [3.63, 3.8) is 0 Å². The van der Waals surface area contributed by atoms with E-state index in [1.807, 2.05) is 12.1 Å². The third-order valence-corrected chi connectivity index (χ3v) is 7.62. The fraction of sp³-hybridized carbons (Fsp3) is 0.435. The highest BCUT2D eigenvalue weighted by Gasteiger charge is 2.41. The predicted molar refractivity (Wildman–Crippen MR) is 115 cm³/mol. The number of hydrogen-bond donors (Lipinski definition) is 1. The van der Waals surface area contributed by atoms with E-state index < -0.39 is 15.4 Å². The van der Waals surface area contributed by atoms with Gasteiger partial charge in [-0.1, -0.05) is 38.1 Å². The third-order valence-electron chi connectivity index (χ3n) is 5.76. The van der Waals surface area contributed by atoms with Gasteiger partial charge in [-0.25, -0.2) is 12.8 Å². The zero-order valence-electron chi connectivity index (χ0n) is 17.7. The maximum absolute atomic E-state index is 13.1. The van der Waals surface area contributed by atoms with Crippen molar-refractivity contribution in [2.45, 2.75) is 51.0 Å². The van der Waals surface area contributed by atoms with E-state index in [-0.39, 0.29) is 29.7 Å². The van der Waals surface area contributed by atoms with Crippen molar-refractivity contribution < 1.29 is 17.6 Å². The van der Waals surface area contributed by atoms with Crippen LogP contribution in [0.1, 0.15) is 50.7 Å². The van der Waals surface area contributed by atoms with Crippen molar-refractivity contribution in [3.05, 3.63) is 65.5 Å². The molecule has 1 amide bonds. The molecule has 1 atom stereocenters. The number of nitrogens with zero attached hydrogens (tertiary/aromatic N) is 1. The average Bonchev–Trinajstić information content (AvgIpc) is 2.73. The van der Waals surface area contributed by atoms with Crippen molar-refractivity contribution in [3.8, 4) is 0 Å². The maximum atomic E-state index is 13.1. The van der Waals surface area contributed by atoms with E-state index >= 15 is 0 Å². The van der Waals surface area contributed by atoms with Gasteiger partial charge in [0.2, 0.25) is 15.9 Å². The van der Waals surface area contributed by atoms with Crippen LogP contribution in [0.4, 0.5) is 4.39 Å². The Hall–Kier alpha value is -2.25. The second-order valence-electron chi connectivity index (χ2n) is 8.54. The van der Waals surface area contributed by atoms with E-state index in [0.29, 0.717) is 25.3 Å². The molecule has 0 radical (unpaired) electrons. The molecule has 2 aromatic rings. The van der Waals surface area contributed by atoms with Crippen LogP contribution in [0.5, 0.6) is 0 Å². The molecule has 1 heterocycles. The standard InChI is InChI=1S/C23H29FN2O3S/c1-17(2)19-7-11-21(12-8-19)30(28,29)26-14-4-13-23(3,16-26)22(27)25-15-18-5-9-20(24)10-6-18/h5-12,17H,4,13-16H2,1-3H3,(H,25,27)/t23-/m1/s1. The van der Waals surface area contributed by atoms with Crippen molar-refractivity contribution in [2.24, 2.45) is 5.41 Å². The van der Waals surface area contributed by atoms with Crippen LogP contribution in [0, 0.1) is 11.2 Å². The van der Waals surface area contributed by atoms with Gasteiger partial charge in [-0.3, -0.25) is 4.79 Å². The molecule has 0 aromatic heterocycles.